The standard InChI is InChI=1S/C53H51N/c1-52(2,3)39-31-33-40(34-32-39)54(41-22-13-21-38(35-41)43-26-16-28-47-44-23-9-11-29-48(44)53(4,5)51(43)47)49-30-12-10-24-45(49)46-27-15-20-37-19-14-25-42(50(37)46)36-17-7-6-8-18-36/h9-16,19-36H,6-8,17-18H2,1-5H3. The van der Waals surface area contributed by atoms with Crippen LogP contribution in [0.5, 0.6) is 0 Å². The van der Waals surface area contributed by atoms with Crippen LogP contribution in [0.15, 0.2) is 152 Å². The van der Waals surface area contributed by atoms with E-state index >= 15 is 0 Å². The van der Waals surface area contributed by atoms with Gasteiger partial charge in [-0.3, -0.25) is 0 Å². The van der Waals surface area contributed by atoms with Gasteiger partial charge in [-0.1, -0.05) is 175 Å². The van der Waals surface area contributed by atoms with Gasteiger partial charge < -0.3 is 4.90 Å². The van der Waals surface area contributed by atoms with E-state index in [0.29, 0.717) is 5.92 Å². The van der Waals surface area contributed by atoms with Gasteiger partial charge in [0.1, 0.15) is 0 Å². The van der Waals surface area contributed by atoms with Crippen LogP contribution >= 0.6 is 0 Å². The number of hydrogen-bond acceptors (Lipinski definition) is 1. The first-order valence-electron chi connectivity index (χ1n) is 20.1. The van der Waals surface area contributed by atoms with Crippen LogP contribution in [0, 0.1) is 0 Å². The minimum absolute atomic E-state index is 0.0672. The molecule has 1 heteroatoms. The number of anilines is 3. The lowest BCUT2D eigenvalue weighted by atomic mass is 9.79. The van der Waals surface area contributed by atoms with Crippen molar-refractivity contribution >= 4 is 27.8 Å². The van der Waals surface area contributed by atoms with Crippen molar-refractivity contribution in [3.05, 3.63) is 174 Å². The highest BCUT2D eigenvalue weighted by atomic mass is 15.1. The summed E-state index contributed by atoms with van der Waals surface area (Å²) in [5.74, 6) is 0.608. The highest BCUT2D eigenvalue weighted by molar-refractivity contribution is 6.03. The van der Waals surface area contributed by atoms with Crippen LogP contribution in [0.3, 0.4) is 0 Å². The van der Waals surface area contributed by atoms with Gasteiger partial charge in [0.25, 0.3) is 0 Å². The van der Waals surface area contributed by atoms with E-state index in [0.717, 1.165) is 11.4 Å². The van der Waals surface area contributed by atoms with Crippen molar-refractivity contribution in [3.8, 4) is 33.4 Å². The molecule has 7 aromatic carbocycles. The largest absolute Gasteiger partial charge is 0.310 e. The summed E-state index contributed by atoms with van der Waals surface area (Å²) < 4.78 is 0. The minimum atomic E-state index is -0.0992. The van der Waals surface area contributed by atoms with Crippen molar-refractivity contribution in [1.29, 1.82) is 0 Å². The van der Waals surface area contributed by atoms with Crippen LogP contribution < -0.4 is 4.90 Å². The maximum Gasteiger partial charge on any atom is 0.0540 e. The Labute approximate surface area is 322 Å². The number of rotatable bonds is 6. The molecule has 0 atom stereocenters. The molecule has 54 heavy (non-hydrogen) atoms. The summed E-state index contributed by atoms with van der Waals surface area (Å²) in [4.78, 5) is 2.50. The molecule has 0 bridgehead atoms. The third-order valence-electron chi connectivity index (χ3n) is 12.4. The number of nitrogens with zero attached hydrogens (tertiary/aromatic N) is 1. The Balaban J connectivity index is 1.24. The van der Waals surface area contributed by atoms with Crippen molar-refractivity contribution in [2.24, 2.45) is 0 Å². The third kappa shape index (κ3) is 5.86. The molecule has 1 fully saturated rings. The molecular formula is C53H51N. The van der Waals surface area contributed by atoms with Gasteiger partial charge in [-0.05, 0) is 115 Å². The Morgan fingerprint density at radius 2 is 1.17 bits per heavy atom. The fraction of sp³-hybridized carbons (Fsp3) is 0.245. The summed E-state index contributed by atoms with van der Waals surface area (Å²) >= 11 is 0. The normalized spacial score (nSPS) is 15.2. The molecular weight excluding hydrogens is 651 g/mol. The lowest BCUT2D eigenvalue weighted by Gasteiger charge is -2.30. The van der Waals surface area contributed by atoms with E-state index in [-0.39, 0.29) is 10.8 Å². The van der Waals surface area contributed by atoms with Gasteiger partial charge in [-0.2, -0.15) is 0 Å². The van der Waals surface area contributed by atoms with E-state index in [1.54, 1.807) is 0 Å². The van der Waals surface area contributed by atoms with E-state index in [4.69, 9.17) is 0 Å². The van der Waals surface area contributed by atoms with Crippen LogP contribution in [-0.4, -0.2) is 0 Å². The second kappa shape index (κ2) is 13.5. The molecule has 0 N–H and O–H groups in total. The van der Waals surface area contributed by atoms with Crippen LogP contribution in [0.25, 0.3) is 44.2 Å². The average molecular weight is 702 g/mol. The summed E-state index contributed by atoms with van der Waals surface area (Å²) in [5, 5.41) is 2.74. The summed E-state index contributed by atoms with van der Waals surface area (Å²) in [6, 6.07) is 57.3. The van der Waals surface area contributed by atoms with Gasteiger partial charge in [0.15, 0.2) is 0 Å². The first-order chi connectivity index (χ1) is 26.2. The molecule has 1 nitrogen and oxygen atoms in total. The Morgan fingerprint density at radius 1 is 0.537 bits per heavy atom. The van der Waals surface area contributed by atoms with E-state index < -0.39 is 0 Å². The zero-order chi connectivity index (χ0) is 37.0. The van der Waals surface area contributed by atoms with Crippen LogP contribution in [0.2, 0.25) is 0 Å². The molecule has 0 spiro atoms. The number of para-hydroxylation sites is 1. The predicted octanol–water partition coefficient (Wildman–Crippen LogP) is 15.3. The summed E-state index contributed by atoms with van der Waals surface area (Å²) in [5.41, 5.74) is 17.0. The summed E-state index contributed by atoms with van der Waals surface area (Å²) in [6.45, 7) is 11.6. The van der Waals surface area contributed by atoms with Gasteiger partial charge in [-0.15, -0.1) is 0 Å². The highest BCUT2D eigenvalue weighted by Gasteiger charge is 2.37. The van der Waals surface area contributed by atoms with E-state index in [9.17, 15) is 0 Å². The van der Waals surface area contributed by atoms with E-state index in [1.807, 2.05) is 0 Å². The topological polar surface area (TPSA) is 3.24 Å². The number of benzene rings is 7. The first-order valence-corrected chi connectivity index (χ1v) is 20.1. The summed E-state index contributed by atoms with van der Waals surface area (Å²) in [7, 11) is 0. The molecule has 268 valence electrons. The van der Waals surface area contributed by atoms with Gasteiger partial charge in [0.05, 0.1) is 5.69 Å². The van der Waals surface area contributed by atoms with Crippen molar-refractivity contribution in [2.75, 3.05) is 4.90 Å². The van der Waals surface area contributed by atoms with Crippen LogP contribution in [-0.2, 0) is 10.8 Å². The molecule has 2 aliphatic rings. The Morgan fingerprint density at radius 3 is 1.94 bits per heavy atom. The molecule has 0 amide bonds. The van der Waals surface area contributed by atoms with Crippen molar-refractivity contribution in [1.82, 2.24) is 0 Å². The molecule has 0 heterocycles. The predicted molar refractivity (Wildman–Crippen MR) is 232 cm³/mol. The second-order valence-electron chi connectivity index (χ2n) is 17.2. The smallest absolute Gasteiger partial charge is 0.0540 e. The van der Waals surface area contributed by atoms with E-state index in [1.165, 1.54) is 104 Å². The van der Waals surface area contributed by atoms with E-state index in [2.05, 4.69) is 191 Å². The van der Waals surface area contributed by atoms with Crippen LogP contribution in [0.4, 0.5) is 17.1 Å². The molecule has 0 radical (unpaired) electrons. The SMILES string of the molecule is CC(C)(C)c1ccc(N(c2cccc(-c3cccc4c3C(C)(C)c3ccccc3-4)c2)c2ccccc2-c2cccc3cccc(C4CCCCC4)c23)cc1. The molecule has 0 unspecified atom stereocenters. The van der Waals surface area contributed by atoms with Gasteiger partial charge in [0.2, 0.25) is 0 Å². The lowest BCUT2D eigenvalue weighted by molar-refractivity contribution is 0.445. The molecule has 1 saturated carbocycles. The van der Waals surface area contributed by atoms with Crippen molar-refractivity contribution in [3.63, 3.8) is 0 Å². The number of fused-ring (bicyclic) bond motifs is 4. The molecule has 2 aliphatic carbocycles. The zero-order valence-corrected chi connectivity index (χ0v) is 32.5. The van der Waals surface area contributed by atoms with Gasteiger partial charge in [-0.25, -0.2) is 0 Å². The first kappa shape index (κ1) is 34.4. The fourth-order valence-electron chi connectivity index (χ4n) is 9.68. The lowest BCUT2D eigenvalue weighted by Crippen LogP contribution is -2.16. The van der Waals surface area contributed by atoms with Gasteiger partial charge in [0, 0.05) is 22.4 Å². The maximum absolute atomic E-state index is 2.50. The molecule has 0 saturated heterocycles. The third-order valence-corrected chi connectivity index (χ3v) is 12.4. The molecule has 0 aromatic heterocycles. The Hall–Kier alpha value is -5.40. The second-order valence-corrected chi connectivity index (χ2v) is 17.2. The molecule has 7 aromatic rings. The van der Waals surface area contributed by atoms with Crippen molar-refractivity contribution < 1.29 is 0 Å². The number of hydrogen-bond donors (Lipinski definition) is 0. The maximum atomic E-state index is 2.50. The highest BCUT2D eigenvalue weighted by Crippen LogP contribution is 2.53. The Bertz CT molecular complexity index is 2480. The van der Waals surface area contributed by atoms with Crippen molar-refractivity contribution in [2.45, 2.75) is 83.5 Å². The van der Waals surface area contributed by atoms with Gasteiger partial charge >= 0.3 is 0 Å². The quantitative estimate of drug-likeness (QED) is 0.167. The molecule has 0 aliphatic heterocycles. The van der Waals surface area contributed by atoms with Crippen LogP contribution in [0.1, 0.15) is 94.9 Å². The monoisotopic (exact) mass is 701 g/mol. The zero-order valence-electron chi connectivity index (χ0n) is 32.5. The fourth-order valence-corrected chi connectivity index (χ4v) is 9.68. The minimum Gasteiger partial charge on any atom is -0.310 e. The average Bonchev–Trinajstić information content (AvgIpc) is 3.44. The molecule has 9 rings (SSSR count). The summed E-state index contributed by atoms with van der Waals surface area (Å²) in [6.07, 6.45) is 6.55. The Kier molecular flexibility index (Phi) is 8.57.